The minimum Gasteiger partial charge on any atom is -0.461 e. The van der Waals surface area contributed by atoms with Gasteiger partial charge < -0.3 is 9.73 Å². The van der Waals surface area contributed by atoms with Gasteiger partial charge in [0.05, 0.1) is 6.54 Å². The molecule has 0 saturated heterocycles. The van der Waals surface area contributed by atoms with Gasteiger partial charge in [-0.3, -0.25) is 20.4 Å². The molecule has 0 aliphatic carbocycles. The van der Waals surface area contributed by atoms with E-state index in [9.17, 15) is 9.59 Å². The maximum atomic E-state index is 12.0. The second-order valence-electron chi connectivity index (χ2n) is 6.90. The number of aryl methyl sites for hydroxylation is 3. The van der Waals surface area contributed by atoms with Crippen molar-refractivity contribution in [3.8, 4) is 11.3 Å². The van der Waals surface area contributed by atoms with E-state index in [2.05, 4.69) is 16.2 Å². The van der Waals surface area contributed by atoms with E-state index in [0.717, 1.165) is 33.9 Å². The van der Waals surface area contributed by atoms with Crippen molar-refractivity contribution in [3.63, 3.8) is 0 Å². The number of benzene rings is 2. The van der Waals surface area contributed by atoms with Crippen LogP contribution in [0, 0.1) is 13.8 Å². The summed E-state index contributed by atoms with van der Waals surface area (Å²) in [5, 5.41) is 3.06. The third kappa shape index (κ3) is 5.97. The summed E-state index contributed by atoms with van der Waals surface area (Å²) in [6.07, 6.45) is 0.669. The highest BCUT2D eigenvalue weighted by Gasteiger charge is 2.09. The number of nitrogens with one attached hydrogen (secondary N) is 3. The monoisotopic (exact) mass is 391 g/mol. The van der Waals surface area contributed by atoms with Gasteiger partial charge in [-0.05, 0) is 37.6 Å². The lowest BCUT2D eigenvalue weighted by molar-refractivity contribution is -0.128. The van der Waals surface area contributed by atoms with Crippen molar-refractivity contribution >= 4 is 17.5 Å². The summed E-state index contributed by atoms with van der Waals surface area (Å²) >= 11 is 0. The number of hydrogen-bond acceptors (Lipinski definition) is 4. The molecule has 0 atom stereocenters. The Kier molecular flexibility index (Phi) is 6.68. The van der Waals surface area contributed by atoms with Crippen molar-refractivity contribution in [2.45, 2.75) is 26.7 Å². The molecule has 2 amide bonds. The Labute approximate surface area is 170 Å². The summed E-state index contributed by atoms with van der Waals surface area (Å²) < 4.78 is 5.78. The zero-order valence-corrected chi connectivity index (χ0v) is 16.6. The van der Waals surface area contributed by atoms with Crippen LogP contribution in [0.3, 0.4) is 0 Å². The summed E-state index contributed by atoms with van der Waals surface area (Å²) in [5.41, 5.74) is 8.96. The van der Waals surface area contributed by atoms with Crippen molar-refractivity contribution in [1.29, 1.82) is 0 Å². The fraction of sp³-hybridized carbons (Fsp3) is 0.217. The molecular formula is C23H25N3O3. The van der Waals surface area contributed by atoms with Gasteiger partial charge in [0.15, 0.2) is 0 Å². The Hall–Kier alpha value is -3.54. The van der Waals surface area contributed by atoms with Gasteiger partial charge in [-0.2, -0.15) is 0 Å². The van der Waals surface area contributed by atoms with Crippen LogP contribution in [0.2, 0.25) is 0 Å². The number of carbonyl (C=O) groups excluding carboxylic acids is 2. The SMILES string of the molecule is Cc1ccc(NCC(=O)NNC(=O)CCc2ccc(-c3ccccc3)o2)c(C)c1. The minimum atomic E-state index is -0.317. The largest absolute Gasteiger partial charge is 0.461 e. The fourth-order valence-electron chi connectivity index (χ4n) is 2.94. The lowest BCUT2D eigenvalue weighted by Gasteiger charge is -2.11. The average Bonchev–Trinajstić information content (AvgIpc) is 3.20. The van der Waals surface area contributed by atoms with Gasteiger partial charge in [-0.1, -0.05) is 48.0 Å². The predicted molar refractivity (Wildman–Crippen MR) is 113 cm³/mol. The van der Waals surface area contributed by atoms with Crippen LogP contribution in [0.4, 0.5) is 5.69 Å². The molecule has 3 rings (SSSR count). The first-order valence-corrected chi connectivity index (χ1v) is 9.54. The second-order valence-corrected chi connectivity index (χ2v) is 6.90. The first-order valence-electron chi connectivity index (χ1n) is 9.54. The summed E-state index contributed by atoms with van der Waals surface area (Å²) in [5.74, 6) is 0.902. The Balaban J connectivity index is 1.38. The summed E-state index contributed by atoms with van der Waals surface area (Å²) in [4.78, 5) is 23.9. The van der Waals surface area contributed by atoms with Gasteiger partial charge in [-0.25, -0.2) is 0 Å². The molecule has 2 aromatic carbocycles. The van der Waals surface area contributed by atoms with Crippen LogP contribution in [0.5, 0.6) is 0 Å². The van der Waals surface area contributed by atoms with Gasteiger partial charge in [0.1, 0.15) is 11.5 Å². The molecule has 0 aliphatic rings. The molecule has 3 N–H and O–H groups in total. The lowest BCUT2D eigenvalue weighted by atomic mass is 10.1. The van der Waals surface area contributed by atoms with E-state index < -0.39 is 0 Å². The molecule has 0 spiro atoms. The highest BCUT2D eigenvalue weighted by molar-refractivity contribution is 5.84. The van der Waals surface area contributed by atoms with Gasteiger partial charge >= 0.3 is 0 Å². The van der Waals surface area contributed by atoms with E-state index in [1.165, 1.54) is 0 Å². The summed E-state index contributed by atoms with van der Waals surface area (Å²) in [6.45, 7) is 4.07. The highest BCUT2D eigenvalue weighted by atomic mass is 16.3. The van der Waals surface area contributed by atoms with E-state index in [1.54, 1.807) is 0 Å². The molecule has 0 aliphatic heterocycles. The quantitative estimate of drug-likeness (QED) is 0.536. The van der Waals surface area contributed by atoms with Crippen molar-refractivity contribution in [2.75, 3.05) is 11.9 Å². The Morgan fingerprint density at radius 2 is 1.66 bits per heavy atom. The third-order valence-corrected chi connectivity index (χ3v) is 4.48. The molecule has 1 heterocycles. The number of furan rings is 1. The number of amides is 2. The van der Waals surface area contributed by atoms with E-state index in [4.69, 9.17) is 4.42 Å². The zero-order valence-electron chi connectivity index (χ0n) is 16.6. The molecule has 0 fully saturated rings. The first kappa shape index (κ1) is 20.2. The van der Waals surface area contributed by atoms with Crippen LogP contribution in [-0.2, 0) is 16.0 Å². The smallest absolute Gasteiger partial charge is 0.257 e. The highest BCUT2D eigenvalue weighted by Crippen LogP contribution is 2.22. The molecule has 0 radical (unpaired) electrons. The fourth-order valence-corrected chi connectivity index (χ4v) is 2.94. The molecule has 1 aromatic heterocycles. The zero-order chi connectivity index (χ0) is 20.6. The normalized spacial score (nSPS) is 10.4. The summed E-state index contributed by atoms with van der Waals surface area (Å²) in [7, 11) is 0. The second kappa shape index (κ2) is 9.59. The van der Waals surface area contributed by atoms with Crippen LogP contribution < -0.4 is 16.2 Å². The van der Waals surface area contributed by atoms with Crippen molar-refractivity contribution in [3.05, 3.63) is 77.6 Å². The molecule has 6 heteroatoms. The van der Waals surface area contributed by atoms with Crippen LogP contribution >= 0.6 is 0 Å². The Morgan fingerprint density at radius 1 is 0.897 bits per heavy atom. The van der Waals surface area contributed by atoms with Crippen LogP contribution in [0.1, 0.15) is 23.3 Å². The molecule has 150 valence electrons. The minimum absolute atomic E-state index is 0.0722. The average molecular weight is 391 g/mol. The molecule has 0 bridgehead atoms. The maximum Gasteiger partial charge on any atom is 0.257 e. The molecule has 29 heavy (non-hydrogen) atoms. The number of hydrogen-bond donors (Lipinski definition) is 3. The topological polar surface area (TPSA) is 83.4 Å². The number of carbonyl (C=O) groups is 2. The first-order chi connectivity index (χ1) is 14.0. The molecule has 0 saturated carbocycles. The molecule has 3 aromatic rings. The van der Waals surface area contributed by atoms with Gasteiger partial charge in [0.2, 0.25) is 5.91 Å². The van der Waals surface area contributed by atoms with Crippen molar-refractivity contribution in [2.24, 2.45) is 0 Å². The van der Waals surface area contributed by atoms with Gasteiger partial charge in [0.25, 0.3) is 5.91 Å². The van der Waals surface area contributed by atoms with Crippen LogP contribution in [0.15, 0.2) is 65.1 Å². The van der Waals surface area contributed by atoms with E-state index in [-0.39, 0.29) is 24.8 Å². The number of hydrazine groups is 1. The van der Waals surface area contributed by atoms with Crippen molar-refractivity contribution < 1.29 is 14.0 Å². The van der Waals surface area contributed by atoms with E-state index in [1.807, 2.05) is 74.5 Å². The third-order valence-electron chi connectivity index (χ3n) is 4.48. The lowest BCUT2D eigenvalue weighted by Crippen LogP contribution is -2.44. The molecular weight excluding hydrogens is 366 g/mol. The van der Waals surface area contributed by atoms with Gasteiger partial charge in [-0.15, -0.1) is 0 Å². The van der Waals surface area contributed by atoms with E-state index >= 15 is 0 Å². The van der Waals surface area contributed by atoms with Crippen LogP contribution in [0.25, 0.3) is 11.3 Å². The summed E-state index contributed by atoms with van der Waals surface area (Å²) in [6, 6.07) is 19.5. The number of anilines is 1. The van der Waals surface area contributed by atoms with E-state index in [0.29, 0.717) is 6.42 Å². The Morgan fingerprint density at radius 3 is 2.41 bits per heavy atom. The number of rotatable bonds is 7. The molecule has 6 nitrogen and oxygen atoms in total. The van der Waals surface area contributed by atoms with Crippen LogP contribution in [-0.4, -0.2) is 18.4 Å². The molecule has 0 unspecified atom stereocenters. The van der Waals surface area contributed by atoms with Crippen molar-refractivity contribution in [1.82, 2.24) is 10.9 Å². The predicted octanol–water partition coefficient (Wildman–Crippen LogP) is 3.76. The maximum absolute atomic E-state index is 12.0. The Bertz CT molecular complexity index is 980. The van der Waals surface area contributed by atoms with Gasteiger partial charge in [0, 0.05) is 24.1 Å². The standard InChI is InChI=1S/C23H25N3O3/c1-16-8-11-20(17(2)14-16)24-15-23(28)26-25-22(27)13-10-19-9-12-21(29-19)18-6-4-3-5-7-18/h3-9,11-12,14,24H,10,13,15H2,1-2H3,(H,25,27)(H,26,28).